The van der Waals surface area contributed by atoms with Crippen molar-refractivity contribution < 1.29 is 4.74 Å². The van der Waals surface area contributed by atoms with E-state index in [4.69, 9.17) is 4.74 Å². The van der Waals surface area contributed by atoms with Crippen molar-refractivity contribution in [1.29, 1.82) is 0 Å². The Bertz CT molecular complexity index is 421. The summed E-state index contributed by atoms with van der Waals surface area (Å²) in [6.45, 7) is 0.838. The maximum absolute atomic E-state index is 6.21. The Morgan fingerprint density at radius 1 is 1.05 bits per heavy atom. The zero-order chi connectivity index (χ0) is 13.9. The SMILES string of the molecule is BrCC1(COc2c(I)cc(I)cc2I)CCCCC1. The van der Waals surface area contributed by atoms with Crippen LogP contribution in [-0.2, 0) is 0 Å². The van der Waals surface area contributed by atoms with Crippen LogP contribution in [0.25, 0.3) is 0 Å². The Hall–Kier alpha value is 1.69. The van der Waals surface area contributed by atoms with Crippen LogP contribution in [0.4, 0.5) is 0 Å². The summed E-state index contributed by atoms with van der Waals surface area (Å²) in [7, 11) is 0. The van der Waals surface area contributed by atoms with Crippen molar-refractivity contribution in [3.05, 3.63) is 22.8 Å². The van der Waals surface area contributed by atoms with Crippen LogP contribution in [0.5, 0.6) is 5.75 Å². The molecule has 1 aliphatic carbocycles. The summed E-state index contributed by atoms with van der Waals surface area (Å²) in [4.78, 5) is 0. The molecule has 0 N–H and O–H groups in total. The first-order valence-corrected chi connectivity index (χ1v) is 10.8. The van der Waals surface area contributed by atoms with Crippen molar-refractivity contribution in [2.75, 3.05) is 11.9 Å². The third-order valence-corrected chi connectivity index (χ3v) is 7.10. The molecule has 0 saturated heterocycles. The van der Waals surface area contributed by atoms with E-state index in [0.29, 0.717) is 5.41 Å². The Kier molecular flexibility index (Phi) is 7.00. The van der Waals surface area contributed by atoms with Crippen molar-refractivity contribution in [3.63, 3.8) is 0 Å². The van der Waals surface area contributed by atoms with Gasteiger partial charge in [0.05, 0.1) is 13.7 Å². The summed E-state index contributed by atoms with van der Waals surface area (Å²) in [5.41, 5.74) is 0.341. The second-order valence-electron chi connectivity index (χ2n) is 5.18. The van der Waals surface area contributed by atoms with Crippen LogP contribution in [0.3, 0.4) is 0 Å². The van der Waals surface area contributed by atoms with Gasteiger partial charge >= 0.3 is 0 Å². The smallest absolute Gasteiger partial charge is 0.146 e. The van der Waals surface area contributed by atoms with E-state index in [0.717, 1.165) is 17.7 Å². The maximum atomic E-state index is 6.21. The van der Waals surface area contributed by atoms with Crippen molar-refractivity contribution >= 4 is 83.7 Å². The lowest BCUT2D eigenvalue weighted by molar-refractivity contribution is 0.120. The third kappa shape index (κ3) is 4.58. The topological polar surface area (TPSA) is 9.23 Å². The highest BCUT2D eigenvalue weighted by molar-refractivity contribution is 14.1. The van der Waals surface area contributed by atoms with Crippen LogP contribution in [0, 0.1) is 16.1 Å². The lowest BCUT2D eigenvalue weighted by Crippen LogP contribution is -2.33. The molecule has 0 heterocycles. The quantitative estimate of drug-likeness (QED) is 0.275. The van der Waals surface area contributed by atoms with Crippen LogP contribution in [0.15, 0.2) is 12.1 Å². The van der Waals surface area contributed by atoms with E-state index in [9.17, 15) is 0 Å². The lowest BCUT2D eigenvalue weighted by Gasteiger charge is -2.35. The highest BCUT2D eigenvalue weighted by atomic mass is 127. The molecule has 1 nitrogen and oxygen atoms in total. The molecule has 1 aromatic rings. The average molecular weight is 661 g/mol. The Morgan fingerprint density at radius 2 is 1.63 bits per heavy atom. The van der Waals surface area contributed by atoms with Crippen molar-refractivity contribution in [2.45, 2.75) is 32.1 Å². The predicted molar refractivity (Wildman–Crippen MR) is 109 cm³/mol. The number of ether oxygens (including phenoxy) is 1. The van der Waals surface area contributed by atoms with Crippen molar-refractivity contribution in [2.24, 2.45) is 5.41 Å². The summed E-state index contributed by atoms with van der Waals surface area (Å²) in [6.07, 6.45) is 6.64. The molecule has 0 bridgehead atoms. The van der Waals surface area contributed by atoms with E-state index in [-0.39, 0.29) is 0 Å². The van der Waals surface area contributed by atoms with Gasteiger partial charge in [0.1, 0.15) is 5.75 Å². The van der Waals surface area contributed by atoms with E-state index in [1.165, 1.54) is 42.8 Å². The normalized spacial score (nSPS) is 18.3. The summed E-state index contributed by atoms with van der Waals surface area (Å²) in [5.74, 6) is 1.06. The first-order chi connectivity index (χ1) is 9.06. The van der Waals surface area contributed by atoms with Crippen LogP contribution in [0.2, 0.25) is 0 Å². The number of hydrogen-bond donors (Lipinski definition) is 0. The lowest BCUT2D eigenvalue weighted by atomic mass is 9.76. The second kappa shape index (κ2) is 7.80. The van der Waals surface area contributed by atoms with Crippen LogP contribution >= 0.6 is 83.7 Å². The van der Waals surface area contributed by atoms with Crippen molar-refractivity contribution in [3.8, 4) is 5.75 Å². The van der Waals surface area contributed by atoms with E-state index < -0.39 is 0 Å². The van der Waals surface area contributed by atoms with Gasteiger partial charge in [0.15, 0.2) is 0 Å². The molecule has 0 aromatic heterocycles. The van der Waals surface area contributed by atoms with Gasteiger partial charge < -0.3 is 4.74 Å². The predicted octanol–water partition coefficient (Wildman–Crippen LogP) is 6.22. The number of hydrogen-bond acceptors (Lipinski definition) is 1. The monoisotopic (exact) mass is 660 g/mol. The number of alkyl halides is 1. The van der Waals surface area contributed by atoms with Gasteiger partial charge in [-0.1, -0.05) is 35.2 Å². The number of benzene rings is 1. The molecule has 0 unspecified atom stereocenters. The minimum Gasteiger partial charge on any atom is -0.491 e. The zero-order valence-electron chi connectivity index (χ0n) is 10.5. The molecule has 0 amide bonds. The van der Waals surface area contributed by atoms with Gasteiger partial charge in [-0.2, -0.15) is 0 Å². The van der Waals surface area contributed by atoms with Gasteiger partial charge in [-0.25, -0.2) is 0 Å². The summed E-state index contributed by atoms with van der Waals surface area (Å²) in [6, 6.07) is 4.36. The maximum Gasteiger partial charge on any atom is 0.146 e. The first-order valence-electron chi connectivity index (χ1n) is 6.40. The fourth-order valence-corrected chi connectivity index (χ4v) is 7.13. The molecule has 1 aromatic carbocycles. The molecule has 106 valence electrons. The Morgan fingerprint density at radius 3 is 2.16 bits per heavy atom. The zero-order valence-corrected chi connectivity index (χ0v) is 18.6. The molecule has 2 rings (SSSR count). The Balaban J connectivity index is 2.09. The highest BCUT2D eigenvalue weighted by Crippen LogP contribution is 2.39. The van der Waals surface area contributed by atoms with Gasteiger partial charge in [0.25, 0.3) is 0 Å². The second-order valence-corrected chi connectivity index (χ2v) is 9.31. The average Bonchev–Trinajstić information content (AvgIpc) is 2.38. The summed E-state index contributed by atoms with van der Waals surface area (Å²) >= 11 is 10.8. The van der Waals surface area contributed by atoms with Gasteiger partial charge in [-0.05, 0) is 92.7 Å². The first kappa shape index (κ1) is 17.1. The van der Waals surface area contributed by atoms with E-state index in [1.807, 2.05) is 0 Å². The highest BCUT2D eigenvalue weighted by Gasteiger charge is 2.32. The van der Waals surface area contributed by atoms with Crippen LogP contribution in [0.1, 0.15) is 32.1 Å². The van der Waals surface area contributed by atoms with Crippen molar-refractivity contribution in [1.82, 2.24) is 0 Å². The fraction of sp³-hybridized carbons (Fsp3) is 0.571. The van der Waals surface area contributed by atoms with Gasteiger partial charge in [0.2, 0.25) is 0 Å². The van der Waals surface area contributed by atoms with Gasteiger partial charge in [0, 0.05) is 14.3 Å². The molecular weight excluding hydrogens is 645 g/mol. The van der Waals surface area contributed by atoms with Crippen LogP contribution in [-0.4, -0.2) is 11.9 Å². The molecule has 19 heavy (non-hydrogen) atoms. The van der Waals surface area contributed by atoms with E-state index >= 15 is 0 Å². The van der Waals surface area contributed by atoms with E-state index in [2.05, 4.69) is 95.8 Å². The Labute approximate surface area is 164 Å². The third-order valence-electron chi connectivity index (χ3n) is 3.68. The minimum atomic E-state index is 0.341. The number of halogens is 4. The number of rotatable bonds is 4. The van der Waals surface area contributed by atoms with Gasteiger partial charge in [-0.3, -0.25) is 0 Å². The standard InChI is InChI=1S/C14H16BrI3O/c15-8-14(4-2-1-3-5-14)9-19-13-11(17)6-10(16)7-12(13)18/h6-7H,1-5,8-9H2. The van der Waals surface area contributed by atoms with E-state index in [1.54, 1.807) is 0 Å². The fourth-order valence-electron chi connectivity index (χ4n) is 2.51. The van der Waals surface area contributed by atoms with Crippen LogP contribution < -0.4 is 4.74 Å². The molecule has 0 aliphatic heterocycles. The largest absolute Gasteiger partial charge is 0.491 e. The summed E-state index contributed by atoms with van der Waals surface area (Å²) in [5, 5.41) is 1.05. The minimum absolute atomic E-state index is 0.341. The molecule has 0 spiro atoms. The molecule has 1 aliphatic rings. The molecule has 1 fully saturated rings. The van der Waals surface area contributed by atoms with Gasteiger partial charge in [-0.15, -0.1) is 0 Å². The molecule has 0 atom stereocenters. The molecule has 5 heteroatoms. The molecule has 0 radical (unpaired) electrons. The summed E-state index contributed by atoms with van der Waals surface area (Å²) < 4.78 is 9.91. The molecular formula is C14H16BrI3O. The molecule has 1 saturated carbocycles.